The number of ether oxygens (including phenoxy) is 1. The zero-order valence-corrected chi connectivity index (χ0v) is 18.9. The first kappa shape index (κ1) is 23.2. The zero-order valence-electron chi connectivity index (χ0n) is 18.1. The number of halogens is 3. The molecule has 2 N–H and O–H groups in total. The predicted molar refractivity (Wildman–Crippen MR) is 121 cm³/mol. The van der Waals surface area contributed by atoms with Crippen molar-refractivity contribution in [2.45, 2.75) is 11.1 Å². The highest BCUT2D eigenvalue weighted by molar-refractivity contribution is 7.89. The van der Waals surface area contributed by atoms with Crippen molar-refractivity contribution in [3.8, 4) is 22.5 Å². The van der Waals surface area contributed by atoms with Crippen LogP contribution < -0.4 is 5.73 Å². The summed E-state index contributed by atoms with van der Waals surface area (Å²) in [7, 11) is -3.65. The van der Waals surface area contributed by atoms with E-state index in [2.05, 4.69) is 15.1 Å². The van der Waals surface area contributed by atoms with Crippen LogP contribution in [0.25, 0.3) is 28.2 Å². The van der Waals surface area contributed by atoms with Crippen molar-refractivity contribution < 1.29 is 26.3 Å². The third kappa shape index (κ3) is 4.33. The highest BCUT2D eigenvalue weighted by Gasteiger charge is 2.34. The van der Waals surface area contributed by atoms with E-state index in [1.807, 2.05) is 0 Å². The number of sulfonamides is 1. The van der Waals surface area contributed by atoms with Gasteiger partial charge < -0.3 is 10.5 Å². The van der Waals surface area contributed by atoms with Crippen molar-refractivity contribution in [2.75, 3.05) is 32.0 Å². The summed E-state index contributed by atoms with van der Waals surface area (Å²) < 4.78 is 73.6. The number of nitrogens with zero attached hydrogens (tertiary/aromatic N) is 5. The summed E-state index contributed by atoms with van der Waals surface area (Å²) in [5.41, 5.74) is 6.37. The summed E-state index contributed by atoms with van der Waals surface area (Å²) in [6.45, 7) is 1.28. The van der Waals surface area contributed by atoms with Gasteiger partial charge in [-0.1, -0.05) is 12.1 Å². The summed E-state index contributed by atoms with van der Waals surface area (Å²) in [5.74, 6) is -0.613. The van der Waals surface area contributed by atoms with Crippen LogP contribution in [0.1, 0.15) is 5.56 Å². The maximum atomic E-state index is 13.3. The Morgan fingerprint density at radius 1 is 0.943 bits per heavy atom. The van der Waals surface area contributed by atoms with E-state index in [1.54, 1.807) is 24.4 Å². The van der Waals surface area contributed by atoms with Crippen molar-refractivity contribution in [3.63, 3.8) is 0 Å². The first-order valence-electron chi connectivity index (χ1n) is 10.5. The summed E-state index contributed by atoms with van der Waals surface area (Å²) in [5, 5.41) is 4.44. The van der Waals surface area contributed by atoms with Crippen LogP contribution in [0.5, 0.6) is 0 Å². The average Bonchev–Trinajstić information content (AvgIpc) is 3.27. The van der Waals surface area contributed by atoms with Crippen LogP contribution in [-0.2, 0) is 20.9 Å². The van der Waals surface area contributed by atoms with Crippen LogP contribution in [0.15, 0.2) is 59.8 Å². The molecule has 9 nitrogen and oxygen atoms in total. The maximum Gasteiger partial charge on any atom is 0.419 e. The molecular formula is C22H19F3N6O3S. The first-order chi connectivity index (χ1) is 16.6. The fraction of sp³-hybridized carbons (Fsp3) is 0.227. The summed E-state index contributed by atoms with van der Waals surface area (Å²) >= 11 is 0. The van der Waals surface area contributed by atoms with Crippen molar-refractivity contribution in [1.82, 2.24) is 23.9 Å². The second-order valence-corrected chi connectivity index (χ2v) is 9.77. The minimum atomic E-state index is -4.65. The number of nitrogens with two attached hydrogens (primary N) is 1. The monoisotopic (exact) mass is 504 g/mol. The van der Waals surface area contributed by atoms with Gasteiger partial charge in [0.25, 0.3) is 0 Å². The Kier molecular flexibility index (Phi) is 5.69. The molecular weight excluding hydrogens is 485 g/mol. The average molecular weight is 504 g/mol. The second kappa shape index (κ2) is 8.59. The SMILES string of the molecule is Nc1ncc(-c2ccc3ncc(-c4ccc(S(=O)(=O)N5CCOCC5)cc4)n3n2)cc1C(F)(F)F. The molecule has 1 saturated heterocycles. The van der Waals surface area contributed by atoms with Crippen LogP contribution in [0.2, 0.25) is 0 Å². The van der Waals surface area contributed by atoms with Crippen LogP contribution in [-0.4, -0.2) is 58.6 Å². The number of rotatable bonds is 4. The highest BCUT2D eigenvalue weighted by Crippen LogP contribution is 2.35. The molecule has 182 valence electrons. The number of hydrogen-bond donors (Lipinski definition) is 1. The normalized spacial score (nSPS) is 15.5. The Morgan fingerprint density at radius 3 is 2.34 bits per heavy atom. The number of nitrogen functional groups attached to an aromatic ring is 1. The number of aromatic nitrogens is 4. The molecule has 35 heavy (non-hydrogen) atoms. The maximum absolute atomic E-state index is 13.3. The van der Waals surface area contributed by atoms with Gasteiger partial charge in [-0.25, -0.2) is 22.9 Å². The third-order valence-electron chi connectivity index (χ3n) is 5.64. The van der Waals surface area contributed by atoms with Crippen molar-refractivity contribution in [1.29, 1.82) is 0 Å². The molecule has 1 aliphatic rings. The van der Waals surface area contributed by atoms with Crippen LogP contribution in [0, 0.1) is 0 Å². The number of hydrogen-bond acceptors (Lipinski definition) is 7. The quantitative estimate of drug-likeness (QED) is 0.454. The molecule has 0 unspecified atom stereocenters. The molecule has 0 aliphatic carbocycles. The molecule has 1 fully saturated rings. The topological polar surface area (TPSA) is 116 Å². The zero-order chi connectivity index (χ0) is 24.8. The summed E-state index contributed by atoms with van der Waals surface area (Å²) in [6.07, 6.45) is -1.87. The molecule has 0 radical (unpaired) electrons. The van der Waals surface area contributed by atoms with Crippen molar-refractivity contribution in [2.24, 2.45) is 0 Å². The van der Waals surface area contributed by atoms with Gasteiger partial charge in [-0.2, -0.15) is 22.6 Å². The molecule has 0 saturated carbocycles. The highest BCUT2D eigenvalue weighted by atomic mass is 32.2. The second-order valence-electron chi connectivity index (χ2n) is 7.83. The number of anilines is 1. The van der Waals surface area contributed by atoms with E-state index in [-0.39, 0.29) is 16.2 Å². The Hall–Kier alpha value is -3.55. The Morgan fingerprint density at radius 2 is 1.66 bits per heavy atom. The van der Waals surface area contributed by atoms with Crippen LogP contribution >= 0.6 is 0 Å². The minimum absolute atomic E-state index is 0.139. The number of imidazole rings is 1. The van der Waals surface area contributed by atoms with Crippen molar-refractivity contribution in [3.05, 3.63) is 60.4 Å². The first-order valence-corrected chi connectivity index (χ1v) is 11.9. The molecule has 1 aliphatic heterocycles. The number of benzene rings is 1. The van der Waals surface area contributed by atoms with E-state index in [4.69, 9.17) is 10.5 Å². The number of pyridine rings is 1. The van der Waals surface area contributed by atoms with Gasteiger partial charge in [-0.05, 0) is 30.3 Å². The Labute approximate surface area is 198 Å². The fourth-order valence-electron chi connectivity index (χ4n) is 3.80. The molecule has 0 bridgehead atoms. The van der Waals surface area contributed by atoms with Crippen LogP contribution in [0.3, 0.4) is 0 Å². The molecule has 13 heteroatoms. The lowest BCUT2D eigenvalue weighted by atomic mass is 10.1. The van der Waals surface area contributed by atoms with Gasteiger partial charge in [0.1, 0.15) is 5.82 Å². The van der Waals surface area contributed by atoms with Gasteiger partial charge >= 0.3 is 6.18 Å². The lowest BCUT2D eigenvalue weighted by Crippen LogP contribution is -2.40. The summed E-state index contributed by atoms with van der Waals surface area (Å²) in [4.78, 5) is 8.11. The molecule has 3 aromatic heterocycles. The van der Waals surface area contributed by atoms with E-state index >= 15 is 0 Å². The Bertz CT molecular complexity index is 1500. The lowest BCUT2D eigenvalue weighted by molar-refractivity contribution is -0.137. The Balaban J connectivity index is 1.50. The van der Waals surface area contributed by atoms with E-state index in [0.717, 1.165) is 6.07 Å². The lowest BCUT2D eigenvalue weighted by Gasteiger charge is -2.26. The molecule has 0 spiro atoms. The number of fused-ring (bicyclic) bond motifs is 1. The standard InChI is InChI=1S/C22H19F3N6O3S/c23-22(24,25)17-11-15(12-28-21(17)26)18-5-6-20-27-13-19(31(20)29-18)14-1-3-16(4-2-14)35(32,33)30-7-9-34-10-8-30/h1-6,11-13H,7-10H2,(H2,26,28). The molecule has 5 rings (SSSR count). The van der Waals surface area contributed by atoms with E-state index < -0.39 is 27.6 Å². The largest absolute Gasteiger partial charge is 0.419 e. The van der Waals surface area contributed by atoms with Gasteiger partial charge in [-0.3, -0.25) is 0 Å². The predicted octanol–water partition coefficient (Wildman–Crippen LogP) is 3.08. The van der Waals surface area contributed by atoms with Gasteiger partial charge in [0, 0.05) is 30.4 Å². The smallest absolute Gasteiger partial charge is 0.383 e. The van der Waals surface area contributed by atoms with Gasteiger partial charge in [0.05, 0.1) is 41.3 Å². The summed E-state index contributed by atoms with van der Waals surface area (Å²) in [6, 6.07) is 10.3. The van der Waals surface area contributed by atoms with E-state index in [9.17, 15) is 21.6 Å². The van der Waals surface area contributed by atoms with Gasteiger partial charge in [0.2, 0.25) is 10.0 Å². The molecule has 4 aromatic rings. The molecule has 1 aromatic carbocycles. The minimum Gasteiger partial charge on any atom is -0.383 e. The fourth-order valence-corrected chi connectivity index (χ4v) is 5.21. The van der Waals surface area contributed by atoms with Gasteiger partial charge in [-0.15, -0.1) is 0 Å². The third-order valence-corrected chi connectivity index (χ3v) is 7.55. The van der Waals surface area contributed by atoms with E-state index in [0.29, 0.717) is 43.2 Å². The van der Waals surface area contributed by atoms with Gasteiger partial charge in [0.15, 0.2) is 5.65 Å². The van der Waals surface area contributed by atoms with Crippen LogP contribution in [0.4, 0.5) is 19.0 Å². The van der Waals surface area contributed by atoms with Crippen molar-refractivity contribution >= 4 is 21.5 Å². The number of morpholine rings is 1. The number of alkyl halides is 3. The molecule has 0 amide bonds. The molecule has 4 heterocycles. The van der Waals surface area contributed by atoms with E-state index in [1.165, 1.54) is 33.2 Å². The molecule has 0 atom stereocenters.